The molecule has 3 aromatic heterocycles. The van der Waals surface area contributed by atoms with Gasteiger partial charge in [0.2, 0.25) is 0 Å². The van der Waals surface area contributed by atoms with Crippen LogP contribution in [-0.2, 0) is 0 Å². The number of nitrogens with one attached hydrogen (secondary N) is 1. The number of nitrogens with two attached hydrogens (primary N) is 1. The number of hydrogen-bond acceptors (Lipinski definition) is 3. The molecule has 0 radical (unpaired) electrons. The first kappa shape index (κ1) is 8.05. The van der Waals surface area contributed by atoms with Crippen molar-refractivity contribution in [3.05, 3.63) is 36.8 Å². The van der Waals surface area contributed by atoms with Gasteiger partial charge in [-0.1, -0.05) is 0 Å². The number of hydrogen-bond donors (Lipinski definition) is 2. The molecule has 5 heteroatoms. The Labute approximate surface area is 85.6 Å². The molecule has 0 unspecified atom stereocenters. The summed E-state index contributed by atoms with van der Waals surface area (Å²) in [5.41, 5.74) is 8.46. The van der Waals surface area contributed by atoms with Crippen molar-refractivity contribution in [3.8, 4) is 11.3 Å². The van der Waals surface area contributed by atoms with E-state index in [-0.39, 0.29) is 0 Å². The molecular weight excluding hydrogens is 190 g/mol. The molecule has 0 saturated carbocycles. The summed E-state index contributed by atoms with van der Waals surface area (Å²) in [6, 6.07) is 5.86. The molecule has 0 aliphatic carbocycles. The molecule has 3 N–H and O–H groups in total. The van der Waals surface area contributed by atoms with Crippen molar-refractivity contribution in [2.24, 2.45) is 0 Å². The average molecular weight is 199 g/mol. The molecule has 0 amide bonds. The van der Waals surface area contributed by atoms with Crippen molar-refractivity contribution in [1.29, 1.82) is 0 Å². The number of anilines is 1. The molecule has 0 fully saturated rings. The highest BCUT2D eigenvalue weighted by atomic mass is 15.1. The Morgan fingerprint density at radius 2 is 2.27 bits per heavy atom. The number of nitrogen functional groups attached to an aromatic ring is 1. The number of nitrogens with zero attached hydrogens (tertiary/aromatic N) is 3. The minimum Gasteiger partial charge on any atom is -0.382 e. The molecule has 0 aromatic carbocycles. The van der Waals surface area contributed by atoms with Crippen LogP contribution in [0.4, 0.5) is 5.82 Å². The van der Waals surface area contributed by atoms with Crippen LogP contribution in [0.25, 0.3) is 16.9 Å². The number of fused-ring (bicyclic) bond motifs is 1. The number of aromatic amines is 1. The van der Waals surface area contributed by atoms with E-state index in [1.54, 1.807) is 12.4 Å². The molecule has 3 rings (SSSR count). The van der Waals surface area contributed by atoms with Gasteiger partial charge in [0.1, 0.15) is 11.5 Å². The second-order valence-corrected chi connectivity index (χ2v) is 3.32. The predicted octanol–water partition coefficient (Wildman–Crippen LogP) is 1.31. The van der Waals surface area contributed by atoms with Crippen molar-refractivity contribution in [3.63, 3.8) is 0 Å². The number of H-pyrrole nitrogens is 1. The molecule has 0 bridgehead atoms. The Balaban J connectivity index is 2.21. The monoisotopic (exact) mass is 199 g/mol. The minimum atomic E-state index is 0.525. The van der Waals surface area contributed by atoms with Crippen LogP contribution in [-0.4, -0.2) is 19.6 Å². The zero-order valence-electron chi connectivity index (χ0n) is 7.88. The molecule has 0 aliphatic heterocycles. The molecule has 5 nitrogen and oxygen atoms in total. The van der Waals surface area contributed by atoms with Crippen molar-refractivity contribution >= 4 is 11.5 Å². The van der Waals surface area contributed by atoms with Gasteiger partial charge >= 0.3 is 0 Å². The van der Waals surface area contributed by atoms with Crippen LogP contribution in [0.2, 0.25) is 0 Å². The van der Waals surface area contributed by atoms with Gasteiger partial charge in [0.15, 0.2) is 0 Å². The molecule has 0 atom stereocenters. The van der Waals surface area contributed by atoms with E-state index in [2.05, 4.69) is 15.2 Å². The number of aromatic nitrogens is 4. The fourth-order valence-corrected chi connectivity index (χ4v) is 1.59. The van der Waals surface area contributed by atoms with E-state index in [1.165, 1.54) is 0 Å². The van der Waals surface area contributed by atoms with Crippen molar-refractivity contribution in [2.75, 3.05) is 5.73 Å². The maximum Gasteiger partial charge on any atom is 0.142 e. The highest BCUT2D eigenvalue weighted by molar-refractivity contribution is 5.64. The highest BCUT2D eigenvalue weighted by Gasteiger charge is 2.02. The van der Waals surface area contributed by atoms with Crippen molar-refractivity contribution in [2.45, 2.75) is 0 Å². The quantitative estimate of drug-likeness (QED) is 0.620. The van der Waals surface area contributed by atoms with Crippen LogP contribution in [0.3, 0.4) is 0 Å². The van der Waals surface area contributed by atoms with Gasteiger partial charge in [-0.25, -0.2) is 4.98 Å². The van der Waals surface area contributed by atoms with Crippen LogP contribution in [0, 0.1) is 0 Å². The maximum atomic E-state index is 5.61. The summed E-state index contributed by atoms with van der Waals surface area (Å²) in [6.45, 7) is 0. The fourth-order valence-electron chi connectivity index (χ4n) is 1.59. The summed E-state index contributed by atoms with van der Waals surface area (Å²) < 4.78 is 1.88. The zero-order valence-corrected chi connectivity index (χ0v) is 7.88. The standard InChI is InChI=1S/C10H9N5/c11-9-6-15-4-2-7(5-10(15)13-9)8-1-3-12-14-8/h1-6H,11H2,(H,12,14). The lowest BCUT2D eigenvalue weighted by Crippen LogP contribution is -1.84. The molecule has 0 saturated heterocycles. The van der Waals surface area contributed by atoms with Gasteiger partial charge in [0.25, 0.3) is 0 Å². The van der Waals surface area contributed by atoms with Crippen LogP contribution in [0.15, 0.2) is 36.8 Å². The van der Waals surface area contributed by atoms with Crippen LogP contribution in [0.1, 0.15) is 0 Å². The maximum absolute atomic E-state index is 5.61. The first-order valence-electron chi connectivity index (χ1n) is 4.57. The number of rotatable bonds is 1. The number of imidazole rings is 1. The van der Waals surface area contributed by atoms with E-state index in [1.807, 2.05) is 28.8 Å². The van der Waals surface area contributed by atoms with Gasteiger partial charge in [-0.05, 0) is 18.2 Å². The van der Waals surface area contributed by atoms with E-state index in [0.29, 0.717) is 5.82 Å². The molecule has 3 aromatic rings. The first-order chi connectivity index (χ1) is 7.33. The summed E-state index contributed by atoms with van der Waals surface area (Å²) in [6.07, 6.45) is 5.43. The third kappa shape index (κ3) is 1.25. The topological polar surface area (TPSA) is 72.0 Å². The zero-order chi connectivity index (χ0) is 10.3. The summed E-state index contributed by atoms with van der Waals surface area (Å²) in [5, 5.41) is 6.81. The predicted molar refractivity (Wildman–Crippen MR) is 57.2 cm³/mol. The largest absolute Gasteiger partial charge is 0.382 e. The summed E-state index contributed by atoms with van der Waals surface area (Å²) in [7, 11) is 0. The first-order valence-corrected chi connectivity index (χ1v) is 4.57. The Morgan fingerprint density at radius 3 is 3.07 bits per heavy atom. The molecule has 15 heavy (non-hydrogen) atoms. The minimum absolute atomic E-state index is 0.525. The van der Waals surface area contributed by atoms with Crippen LogP contribution in [0.5, 0.6) is 0 Å². The van der Waals surface area contributed by atoms with Gasteiger partial charge in [-0.15, -0.1) is 0 Å². The Hall–Kier alpha value is -2.30. The lowest BCUT2D eigenvalue weighted by molar-refractivity contribution is 1.09. The van der Waals surface area contributed by atoms with Gasteiger partial charge in [-0.2, -0.15) is 5.10 Å². The smallest absolute Gasteiger partial charge is 0.142 e. The normalized spacial score (nSPS) is 10.9. The van der Waals surface area contributed by atoms with Gasteiger partial charge in [0.05, 0.1) is 11.9 Å². The molecule has 74 valence electrons. The van der Waals surface area contributed by atoms with E-state index in [0.717, 1.165) is 16.9 Å². The van der Waals surface area contributed by atoms with Crippen molar-refractivity contribution < 1.29 is 0 Å². The summed E-state index contributed by atoms with van der Waals surface area (Å²) in [4.78, 5) is 4.19. The second kappa shape index (κ2) is 2.84. The third-order valence-electron chi connectivity index (χ3n) is 2.29. The Bertz CT molecular complexity index is 593. The van der Waals surface area contributed by atoms with Gasteiger partial charge < -0.3 is 10.1 Å². The van der Waals surface area contributed by atoms with E-state index < -0.39 is 0 Å². The summed E-state index contributed by atoms with van der Waals surface area (Å²) >= 11 is 0. The second-order valence-electron chi connectivity index (χ2n) is 3.32. The van der Waals surface area contributed by atoms with Crippen LogP contribution < -0.4 is 5.73 Å². The lowest BCUT2D eigenvalue weighted by Gasteiger charge is -1.97. The Kier molecular flexibility index (Phi) is 1.53. The van der Waals surface area contributed by atoms with Gasteiger partial charge in [0, 0.05) is 18.0 Å². The van der Waals surface area contributed by atoms with E-state index >= 15 is 0 Å². The molecular formula is C10H9N5. The molecule has 0 aliphatic rings. The highest BCUT2D eigenvalue weighted by Crippen LogP contribution is 2.18. The summed E-state index contributed by atoms with van der Waals surface area (Å²) in [5.74, 6) is 0.525. The fraction of sp³-hybridized carbons (Fsp3) is 0. The number of pyridine rings is 1. The molecule has 3 heterocycles. The van der Waals surface area contributed by atoms with Gasteiger partial charge in [-0.3, -0.25) is 5.10 Å². The van der Waals surface area contributed by atoms with E-state index in [9.17, 15) is 0 Å². The molecule has 0 spiro atoms. The average Bonchev–Trinajstić information content (AvgIpc) is 2.82. The lowest BCUT2D eigenvalue weighted by atomic mass is 10.2. The SMILES string of the molecule is Nc1cn2ccc(-c3ccn[nH]3)cc2n1. The van der Waals surface area contributed by atoms with Crippen molar-refractivity contribution in [1.82, 2.24) is 19.6 Å². The Morgan fingerprint density at radius 1 is 1.33 bits per heavy atom. The van der Waals surface area contributed by atoms with Crippen LogP contribution >= 0.6 is 0 Å². The van der Waals surface area contributed by atoms with E-state index in [4.69, 9.17) is 5.73 Å². The third-order valence-corrected chi connectivity index (χ3v) is 2.29.